The molecular weight excluding hydrogens is 324 g/mol. The summed E-state index contributed by atoms with van der Waals surface area (Å²) in [5.41, 5.74) is -0.467. The number of ketones is 1. The van der Waals surface area contributed by atoms with Crippen LogP contribution in [0.4, 0.5) is 0 Å². The quantitative estimate of drug-likeness (QED) is 0.194. The van der Waals surface area contributed by atoms with E-state index in [4.69, 9.17) is 11.2 Å². The van der Waals surface area contributed by atoms with Crippen LogP contribution in [0.3, 0.4) is 0 Å². The molecule has 0 aliphatic heterocycles. The van der Waals surface area contributed by atoms with Crippen molar-refractivity contribution in [2.45, 2.75) is 123 Å². The van der Waals surface area contributed by atoms with E-state index in [9.17, 15) is 9.90 Å². The molecule has 2 unspecified atom stereocenters. The minimum absolute atomic E-state index is 0.109. The van der Waals surface area contributed by atoms with Crippen LogP contribution in [0, 0.1) is 18.3 Å². The van der Waals surface area contributed by atoms with Crippen LogP contribution >= 0.6 is 0 Å². The smallest absolute Gasteiger partial charge is 0.220 e. The van der Waals surface area contributed by atoms with Crippen LogP contribution in [0.5, 0.6) is 0 Å². The highest BCUT2D eigenvalue weighted by atomic mass is 16.6. The van der Waals surface area contributed by atoms with Gasteiger partial charge in [-0.1, -0.05) is 65.2 Å². The third-order valence-electron chi connectivity index (χ3n) is 5.07. The number of carbonyl (C=O) groups excluding carboxylic acids is 1. The molecule has 0 saturated carbocycles. The van der Waals surface area contributed by atoms with Crippen molar-refractivity contribution < 1.29 is 14.6 Å². The molecule has 0 aromatic carbocycles. The minimum atomic E-state index is -1.16. The summed E-state index contributed by atoms with van der Waals surface area (Å²) in [6, 6.07) is 0. The van der Waals surface area contributed by atoms with Gasteiger partial charge in [-0.15, -0.1) is 6.42 Å². The molecule has 3 nitrogen and oxygen atoms in total. The first-order chi connectivity index (χ1) is 12.3. The predicted octanol–water partition coefficient (Wildman–Crippen LogP) is 6.03. The van der Waals surface area contributed by atoms with Gasteiger partial charge >= 0.3 is 0 Å². The zero-order valence-corrected chi connectivity index (χ0v) is 17.7. The third-order valence-corrected chi connectivity index (χ3v) is 5.07. The predicted molar refractivity (Wildman–Crippen MR) is 110 cm³/mol. The summed E-state index contributed by atoms with van der Waals surface area (Å²) in [4.78, 5) is 12.2. The molecule has 0 aromatic heterocycles. The van der Waals surface area contributed by atoms with Crippen molar-refractivity contribution in [2.24, 2.45) is 5.92 Å². The first-order valence-electron chi connectivity index (χ1n) is 10.7. The molecule has 0 amide bonds. The van der Waals surface area contributed by atoms with Crippen molar-refractivity contribution >= 4 is 5.78 Å². The number of terminal acetylenes is 1. The summed E-state index contributed by atoms with van der Waals surface area (Å²) in [7, 11) is 0. The fourth-order valence-corrected chi connectivity index (χ4v) is 3.25. The highest BCUT2D eigenvalue weighted by Crippen LogP contribution is 2.22. The first-order valence-corrected chi connectivity index (χ1v) is 10.7. The van der Waals surface area contributed by atoms with Crippen LogP contribution < -0.4 is 0 Å². The topological polar surface area (TPSA) is 46.5 Å². The van der Waals surface area contributed by atoms with E-state index in [1.807, 2.05) is 20.8 Å². The number of hydrogen-bond acceptors (Lipinski definition) is 3. The number of hydrogen-bond donors (Lipinski definition) is 1. The lowest BCUT2D eigenvalue weighted by Crippen LogP contribution is -2.30. The Morgan fingerprint density at radius 1 is 1.04 bits per heavy atom. The second kappa shape index (κ2) is 15.2. The largest absolute Gasteiger partial charge is 0.358 e. The van der Waals surface area contributed by atoms with Crippen LogP contribution in [0.1, 0.15) is 111 Å². The first kappa shape index (κ1) is 25.1. The molecule has 0 rings (SSSR count). The number of aliphatic hydroxyl groups is 1. The maximum atomic E-state index is 12.2. The lowest BCUT2D eigenvalue weighted by molar-refractivity contribution is -0.144. The SMILES string of the molecule is C#CC(O)OC(C)(C)CCCC(C)C(=O)CCCCCCCCCCC. The van der Waals surface area contributed by atoms with Gasteiger partial charge in [0.05, 0.1) is 5.60 Å². The highest BCUT2D eigenvalue weighted by Gasteiger charge is 2.22. The van der Waals surface area contributed by atoms with E-state index in [1.165, 1.54) is 51.4 Å². The fraction of sp³-hybridized carbons (Fsp3) is 0.870. The molecule has 0 aliphatic carbocycles. The molecule has 0 saturated heterocycles. The Kier molecular flexibility index (Phi) is 14.7. The summed E-state index contributed by atoms with van der Waals surface area (Å²) in [6.07, 6.45) is 18.8. The Bertz CT molecular complexity index is 395. The molecule has 0 aromatic rings. The lowest BCUT2D eigenvalue weighted by atomic mass is 9.92. The van der Waals surface area contributed by atoms with Crippen molar-refractivity contribution in [3.63, 3.8) is 0 Å². The number of aliphatic hydroxyl groups excluding tert-OH is 1. The van der Waals surface area contributed by atoms with Crippen LogP contribution in [-0.2, 0) is 9.53 Å². The molecular formula is C23H42O3. The average molecular weight is 367 g/mol. The lowest BCUT2D eigenvalue weighted by Gasteiger charge is -2.26. The summed E-state index contributed by atoms with van der Waals surface area (Å²) in [6.45, 7) is 8.11. The highest BCUT2D eigenvalue weighted by molar-refractivity contribution is 5.80. The van der Waals surface area contributed by atoms with Gasteiger partial charge < -0.3 is 9.84 Å². The van der Waals surface area contributed by atoms with Crippen molar-refractivity contribution in [2.75, 3.05) is 0 Å². The molecule has 26 heavy (non-hydrogen) atoms. The van der Waals surface area contributed by atoms with Crippen molar-refractivity contribution in [3.05, 3.63) is 0 Å². The summed E-state index contributed by atoms with van der Waals surface area (Å²) in [5.74, 6) is 2.66. The second-order valence-electron chi connectivity index (χ2n) is 8.23. The number of ether oxygens (including phenoxy) is 1. The zero-order chi connectivity index (χ0) is 19.8. The van der Waals surface area contributed by atoms with Crippen LogP contribution in [0.15, 0.2) is 0 Å². The van der Waals surface area contributed by atoms with Gasteiger partial charge in [-0.2, -0.15) is 0 Å². The van der Waals surface area contributed by atoms with Crippen molar-refractivity contribution in [1.29, 1.82) is 0 Å². The Morgan fingerprint density at radius 3 is 2.12 bits per heavy atom. The molecule has 2 atom stereocenters. The van der Waals surface area contributed by atoms with Crippen molar-refractivity contribution in [3.8, 4) is 12.3 Å². The van der Waals surface area contributed by atoms with Gasteiger partial charge in [-0.3, -0.25) is 4.79 Å². The van der Waals surface area contributed by atoms with Gasteiger partial charge in [0.1, 0.15) is 5.78 Å². The van der Waals surface area contributed by atoms with E-state index in [2.05, 4.69) is 12.8 Å². The van der Waals surface area contributed by atoms with E-state index in [0.717, 1.165) is 25.7 Å². The summed E-state index contributed by atoms with van der Waals surface area (Å²) >= 11 is 0. The second-order valence-corrected chi connectivity index (χ2v) is 8.23. The Labute approximate surface area is 162 Å². The molecule has 0 bridgehead atoms. The van der Waals surface area contributed by atoms with E-state index < -0.39 is 11.9 Å². The minimum Gasteiger partial charge on any atom is -0.358 e. The molecule has 0 fully saturated rings. The van der Waals surface area contributed by atoms with E-state index >= 15 is 0 Å². The third kappa shape index (κ3) is 14.3. The van der Waals surface area contributed by atoms with Crippen molar-refractivity contribution in [1.82, 2.24) is 0 Å². The van der Waals surface area contributed by atoms with Gasteiger partial charge in [-0.25, -0.2) is 0 Å². The average Bonchev–Trinajstić information content (AvgIpc) is 2.59. The number of unbranched alkanes of at least 4 members (excludes halogenated alkanes) is 8. The van der Waals surface area contributed by atoms with Crippen LogP contribution in [0.25, 0.3) is 0 Å². The van der Waals surface area contributed by atoms with E-state index in [1.54, 1.807) is 0 Å². The molecule has 0 aliphatic rings. The zero-order valence-electron chi connectivity index (χ0n) is 17.7. The normalized spacial score (nSPS) is 14.0. The number of Topliss-reactive ketones (excluding diaryl/α,β-unsaturated/α-hetero) is 1. The Hall–Kier alpha value is -0.850. The monoisotopic (exact) mass is 366 g/mol. The fourth-order valence-electron chi connectivity index (χ4n) is 3.25. The van der Waals surface area contributed by atoms with Gasteiger partial charge in [0, 0.05) is 12.3 Å². The van der Waals surface area contributed by atoms with Crippen LogP contribution in [-0.4, -0.2) is 22.8 Å². The maximum Gasteiger partial charge on any atom is 0.220 e. The maximum absolute atomic E-state index is 12.2. The van der Waals surface area contributed by atoms with Gasteiger partial charge in [0.25, 0.3) is 0 Å². The Balaban J connectivity index is 3.70. The molecule has 3 heteroatoms. The van der Waals surface area contributed by atoms with Gasteiger partial charge in [0.15, 0.2) is 0 Å². The number of carbonyl (C=O) groups is 1. The molecule has 152 valence electrons. The van der Waals surface area contributed by atoms with E-state index in [0.29, 0.717) is 12.2 Å². The molecule has 0 radical (unpaired) electrons. The van der Waals surface area contributed by atoms with Gasteiger partial charge in [-0.05, 0) is 45.5 Å². The number of rotatable bonds is 17. The molecule has 0 heterocycles. The standard InChI is InChI=1S/C23H42O3/c1-6-8-9-10-11-12-13-14-15-18-21(24)20(3)17-16-19-23(4,5)26-22(25)7-2/h2,20,22,25H,6,8-19H2,1,3-5H3. The van der Waals surface area contributed by atoms with Gasteiger partial charge in [0.2, 0.25) is 6.29 Å². The molecule has 0 spiro atoms. The Morgan fingerprint density at radius 2 is 1.58 bits per heavy atom. The summed E-state index contributed by atoms with van der Waals surface area (Å²) < 4.78 is 5.40. The summed E-state index contributed by atoms with van der Waals surface area (Å²) in [5, 5.41) is 9.39. The van der Waals surface area contributed by atoms with Crippen LogP contribution in [0.2, 0.25) is 0 Å². The molecule has 1 N–H and O–H groups in total. The van der Waals surface area contributed by atoms with E-state index in [-0.39, 0.29) is 5.92 Å².